The van der Waals surface area contributed by atoms with E-state index in [9.17, 15) is 4.39 Å². The van der Waals surface area contributed by atoms with Gasteiger partial charge in [0.05, 0.1) is 0 Å². The largest absolute Gasteiger partial charge is 0.355 e. The summed E-state index contributed by atoms with van der Waals surface area (Å²) in [6.07, 6.45) is 0. The van der Waals surface area contributed by atoms with Crippen molar-refractivity contribution in [1.82, 2.24) is 20.4 Å². The topological polar surface area (TPSA) is 42.9 Å². The van der Waals surface area contributed by atoms with E-state index in [1.165, 1.54) is 12.1 Å². The number of nitrogens with zero attached hydrogens (tertiary/aromatic N) is 3. The second-order valence-corrected chi connectivity index (χ2v) is 5.83. The molecule has 5 nitrogen and oxygen atoms in total. The van der Waals surface area contributed by atoms with Crippen molar-refractivity contribution in [1.29, 1.82) is 0 Å². The molecular weight excluding hydrogens is 408 g/mol. The summed E-state index contributed by atoms with van der Waals surface area (Å²) in [4.78, 5) is 8.93. The molecule has 1 aliphatic heterocycles. The molecular formula is C16H27FIN5. The van der Waals surface area contributed by atoms with Gasteiger partial charge >= 0.3 is 0 Å². The number of nitrogens with one attached hydrogen (secondary N) is 2. The van der Waals surface area contributed by atoms with E-state index in [0.717, 1.165) is 37.7 Å². The maximum atomic E-state index is 13.2. The third-order valence-electron chi connectivity index (χ3n) is 4.06. The lowest BCUT2D eigenvalue weighted by atomic mass is 10.2. The molecule has 2 N–H and O–H groups in total. The highest BCUT2D eigenvalue weighted by Gasteiger charge is 2.21. The van der Waals surface area contributed by atoms with Gasteiger partial charge < -0.3 is 15.5 Å². The Morgan fingerprint density at radius 2 is 2.09 bits per heavy atom. The third kappa shape index (κ3) is 6.60. The standard InChI is InChI=1S/C16H26FN5.HI/c1-18-16(19-10-13-5-4-6-14(17)9-13)20-11-15-12-21(2)7-8-22(15)3;/h4-6,9,15H,7-8,10-12H2,1-3H3,(H2,18,19,20);1H. The minimum absolute atomic E-state index is 0. The monoisotopic (exact) mass is 435 g/mol. The van der Waals surface area contributed by atoms with Crippen LogP contribution in [0.4, 0.5) is 4.39 Å². The Balaban J connectivity index is 0.00000264. The SMILES string of the molecule is CN=C(NCc1cccc(F)c1)NCC1CN(C)CCN1C.I. The molecule has 1 saturated heterocycles. The van der Waals surface area contributed by atoms with Crippen molar-refractivity contribution in [2.75, 3.05) is 47.3 Å². The van der Waals surface area contributed by atoms with Crippen molar-refractivity contribution < 1.29 is 4.39 Å². The number of halogens is 2. The molecule has 0 aliphatic carbocycles. The second-order valence-electron chi connectivity index (χ2n) is 5.83. The molecule has 0 amide bonds. The second kappa shape index (κ2) is 10.0. The summed E-state index contributed by atoms with van der Waals surface area (Å²) < 4.78 is 13.2. The van der Waals surface area contributed by atoms with Gasteiger partial charge in [-0.3, -0.25) is 9.89 Å². The predicted octanol–water partition coefficient (Wildman–Crippen LogP) is 1.35. The maximum Gasteiger partial charge on any atom is 0.191 e. The number of hydrogen-bond acceptors (Lipinski definition) is 3. The lowest BCUT2D eigenvalue weighted by molar-refractivity contribution is 0.116. The fraction of sp³-hybridized carbons (Fsp3) is 0.562. The quantitative estimate of drug-likeness (QED) is 0.426. The Labute approximate surface area is 155 Å². The summed E-state index contributed by atoms with van der Waals surface area (Å²) in [5.74, 6) is 0.528. The molecule has 2 rings (SSSR count). The van der Waals surface area contributed by atoms with Gasteiger partial charge in [-0.1, -0.05) is 12.1 Å². The molecule has 1 unspecified atom stereocenters. The van der Waals surface area contributed by atoms with Gasteiger partial charge in [-0.05, 0) is 31.8 Å². The summed E-state index contributed by atoms with van der Waals surface area (Å²) in [6.45, 7) is 4.63. The van der Waals surface area contributed by atoms with Crippen LogP contribution in [0.2, 0.25) is 0 Å². The molecule has 0 bridgehead atoms. The Bertz CT molecular complexity index is 511. The molecule has 0 saturated carbocycles. The minimum atomic E-state index is -0.214. The molecule has 1 aromatic carbocycles. The van der Waals surface area contributed by atoms with Crippen LogP contribution < -0.4 is 10.6 Å². The van der Waals surface area contributed by atoms with Crippen LogP contribution in [0.25, 0.3) is 0 Å². The van der Waals surface area contributed by atoms with E-state index >= 15 is 0 Å². The Kier molecular flexibility index (Phi) is 8.78. The van der Waals surface area contributed by atoms with Crippen LogP contribution in [0.1, 0.15) is 5.56 Å². The maximum absolute atomic E-state index is 13.2. The Morgan fingerprint density at radius 3 is 2.78 bits per heavy atom. The number of rotatable bonds is 4. The van der Waals surface area contributed by atoms with Crippen LogP contribution in [0, 0.1) is 5.82 Å². The van der Waals surface area contributed by atoms with Crippen molar-refractivity contribution in [3.05, 3.63) is 35.6 Å². The Hall–Kier alpha value is -0.930. The highest BCUT2D eigenvalue weighted by molar-refractivity contribution is 14.0. The minimum Gasteiger partial charge on any atom is -0.355 e. The molecule has 1 heterocycles. The van der Waals surface area contributed by atoms with E-state index in [2.05, 4.69) is 39.5 Å². The first kappa shape index (κ1) is 20.1. The van der Waals surface area contributed by atoms with Crippen LogP contribution in [-0.4, -0.2) is 69.1 Å². The summed E-state index contributed by atoms with van der Waals surface area (Å²) >= 11 is 0. The first-order chi connectivity index (χ1) is 10.6. The molecule has 130 valence electrons. The molecule has 1 atom stereocenters. The van der Waals surface area contributed by atoms with E-state index in [1.807, 2.05) is 6.07 Å². The van der Waals surface area contributed by atoms with Crippen LogP contribution in [-0.2, 0) is 6.54 Å². The third-order valence-corrected chi connectivity index (χ3v) is 4.06. The first-order valence-corrected chi connectivity index (χ1v) is 7.66. The van der Waals surface area contributed by atoms with Gasteiger partial charge in [-0.25, -0.2) is 4.39 Å². The highest BCUT2D eigenvalue weighted by atomic mass is 127. The molecule has 23 heavy (non-hydrogen) atoms. The zero-order valence-electron chi connectivity index (χ0n) is 14.1. The van der Waals surface area contributed by atoms with Gasteiger partial charge in [0.2, 0.25) is 0 Å². The van der Waals surface area contributed by atoms with Crippen molar-refractivity contribution in [2.24, 2.45) is 4.99 Å². The van der Waals surface area contributed by atoms with Crippen LogP contribution in [0.15, 0.2) is 29.3 Å². The van der Waals surface area contributed by atoms with E-state index in [0.29, 0.717) is 12.6 Å². The lowest BCUT2D eigenvalue weighted by Gasteiger charge is -2.37. The number of aliphatic imine (C=N–C) groups is 1. The number of hydrogen-bond donors (Lipinski definition) is 2. The van der Waals surface area contributed by atoms with Gasteiger partial charge in [0.25, 0.3) is 0 Å². The zero-order chi connectivity index (χ0) is 15.9. The van der Waals surface area contributed by atoms with Crippen molar-refractivity contribution in [3.8, 4) is 0 Å². The molecule has 1 aromatic rings. The summed E-state index contributed by atoms with van der Waals surface area (Å²) in [5.41, 5.74) is 0.900. The fourth-order valence-electron chi connectivity index (χ4n) is 2.59. The number of guanidine groups is 1. The zero-order valence-corrected chi connectivity index (χ0v) is 16.4. The highest BCUT2D eigenvalue weighted by Crippen LogP contribution is 2.05. The fourth-order valence-corrected chi connectivity index (χ4v) is 2.59. The van der Waals surface area contributed by atoms with E-state index in [1.54, 1.807) is 13.1 Å². The van der Waals surface area contributed by atoms with Crippen LogP contribution in [0.5, 0.6) is 0 Å². The Morgan fingerprint density at radius 1 is 1.30 bits per heavy atom. The number of likely N-dealkylation sites (N-methyl/N-ethyl adjacent to an activating group) is 2. The van der Waals surface area contributed by atoms with Gasteiger partial charge in [-0.2, -0.15) is 0 Å². The van der Waals surface area contributed by atoms with E-state index in [-0.39, 0.29) is 29.8 Å². The van der Waals surface area contributed by atoms with Crippen molar-refractivity contribution in [3.63, 3.8) is 0 Å². The normalized spacial score (nSPS) is 20.0. The van der Waals surface area contributed by atoms with Crippen molar-refractivity contribution in [2.45, 2.75) is 12.6 Å². The molecule has 1 aliphatic rings. The van der Waals surface area contributed by atoms with E-state index in [4.69, 9.17) is 0 Å². The number of benzene rings is 1. The van der Waals surface area contributed by atoms with Crippen LogP contribution in [0.3, 0.4) is 0 Å². The van der Waals surface area contributed by atoms with Gasteiger partial charge in [-0.15, -0.1) is 24.0 Å². The molecule has 0 radical (unpaired) electrons. The van der Waals surface area contributed by atoms with Gasteiger partial charge in [0.15, 0.2) is 5.96 Å². The first-order valence-electron chi connectivity index (χ1n) is 7.66. The molecule has 7 heteroatoms. The van der Waals surface area contributed by atoms with Gasteiger partial charge in [0.1, 0.15) is 5.82 Å². The van der Waals surface area contributed by atoms with Gasteiger partial charge in [0, 0.05) is 45.8 Å². The predicted molar refractivity (Wildman–Crippen MR) is 104 cm³/mol. The lowest BCUT2D eigenvalue weighted by Crippen LogP contribution is -2.55. The van der Waals surface area contributed by atoms with E-state index < -0.39 is 0 Å². The van der Waals surface area contributed by atoms with Crippen molar-refractivity contribution >= 4 is 29.9 Å². The number of piperazine rings is 1. The smallest absolute Gasteiger partial charge is 0.191 e. The van der Waals surface area contributed by atoms with Crippen LogP contribution >= 0.6 is 24.0 Å². The summed E-state index contributed by atoms with van der Waals surface area (Å²) in [6, 6.07) is 7.06. The molecule has 0 spiro atoms. The molecule has 1 fully saturated rings. The average Bonchev–Trinajstić information content (AvgIpc) is 2.51. The summed E-state index contributed by atoms with van der Waals surface area (Å²) in [7, 11) is 6.05. The summed E-state index contributed by atoms with van der Waals surface area (Å²) in [5, 5.41) is 6.57. The average molecular weight is 435 g/mol. The molecule has 0 aromatic heterocycles.